The molecule has 1 aliphatic rings. The average molecular weight is 514 g/mol. The fourth-order valence-electron chi connectivity index (χ4n) is 3.54. The van der Waals surface area contributed by atoms with Gasteiger partial charge in [-0.05, 0) is 31.5 Å². The number of aliphatic hydroxyl groups is 1. The van der Waals surface area contributed by atoms with Gasteiger partial charge in [0.05, 0.1) is 36.5 Å². The molecule has 0 aliphatic carbocycles. The number of carbonyl (C=O) groups is 2. The molecule has 2 aromatic rings. The van der Waals surface area contributed by atoms with E-state index in [9.17, 15) is 24.8 Å². The highest BCUT2D eigenvalue weighted by Crippen LogP contribution is 2.34. The predicted octanol–water partition coefficient (Wildman–Crippen LogP) is 2.12. The number of hydrogen-bond acceptors (Lipinski definition) is 10. The Morgan fingerprint density at radius 2 is 2.05 bits per heavy atom. The summed E-state index contributed by atoms with van der Waals surface area (Å²) in [7, 11) is 1.26. The first-order valence-corrected chi connectivity index (χ1v) is 11.2. The van der Waals surface area contributed by atoms with Gasteiger partial charge in [-0.25, -0.2) is 9.59 Å². The molecule has 0 saturated heterocycles. The van der Waals surface area contributed by atoms with Crippen LogP contribution < -0.4 is 25.5 Å². The normalized spacial score (nSPS) is 16.0. The average Bonchev–Trinajstić information content (AvgIpc) is 2.87. The van der Waals surface area contributed by atoms with Crippen molar-refractivity contribution < 1.29 is 33.8 Å². The number of esters is 1. The topological polar surface area (TPSA) is 174 Å². The summed E-state index contributed by atoms with van der Waals surface area (Å²) in [6.45, 7) is 3.49. The summed E-state index contributed by atoms with van der Waals surface area (Å²) in [5, 5.41) is 30.2. The van der Waals surface area contributed by atoms with Gasteiger partial charge in [0.25, 0.3) is 5.69 Å². The second kappa shape index (κ2) is 12.4. The number of nitrogens with one attached hydrogen (secondary N) is 3. The van der Waals surface area contributed by atoms with Crippen LogP contribution in [0.15, 0.2) is 58.8 Å². The summed E-state index contributed by atoms with van der Waals surface area (Å²) in [4.78, 5) is 34.7. The first-order valence-electron chi connectivity index (χ1n) is 11.2. The minimum atomic E-state index is -1.20. The van der Waals surface area contributed by atoms with Gasteiger partial charge in [0.2, 0.25) is 0 Å². The molecule has 0 aromatic heterocycles. The molecule has 0 fully saturated rings. The van der Waals surface area contributed by atoms with Crippen LogP contribution in [0.4, 0.5) is 10.5 Å². The lowest BCUT2D eigenvalue weighted by molar-refractivity contribution is -0.384. The summed E-state index contributed by atoms with van der Waals surface area (Å²) in [5.41, 5.74) is 4.06. The van der Waals surface area contributed by atoms with Gasteiger partial charge in [-0.3, -0.25) is 15.5 Å². The molecule has 0 saturated carbocycles. The molecule has 37 heavy (non-hydrogen) atoms. The fraction of sp³-hybridized carbons (Fsp3) is 0.292. The van der Waals surface area contributed by atoms with Crippen molar-refractivity contribution in [2.24, 2.45) is 5.10 Å². The van der Waals surface area contributed by atoms with Gasteiger partial charge >= 0.3 is 12.0 Å². The van der Waals surface area contributed by atoms with Crippen molar-refractivity contribution in [1.29, 1.82) is 0 Å². The van der Waals surface area contributed by atoms with Gasteiger partial charge in [-0.1, -0.05) is 18.2 Å². The monoisotopic (exact) mass is 513 g/mol. The highest BCUT2D eigenvalue weighted by Gasteiger charge is 2.32. The van der Waals surface area contributed by atoms with Crippen LogP contribution in [0.2, 0.25) is 0 Å². The Morgan fingerprint density at radius 3 is 2.76 bits per heavy atom. The number of methoxy groups -OCH3 is 1. The zero-order chi connectivity index (χ0) is 26.9. The van der Waals surface area contributed by atoms with E-state index in [1.807, 2.05) is 0 Å². The lowest BCUT2D eigenvalue weighted by Crippen LogP contribution is -2.45. The van der Waals surface area contributed by atoms with Crippen LogP contribution >= 0.6 is 0 Å². The maximum absolute atomic E-state index is 12.3. The summed E-state index contributed by atoms with van der Waals surface area (Å²) < 4.78 is 16.2. The van der Waals surface area contributed by atoms with E-state index < -0.39 is 29.2 Å². The van der Waals surface area contributed by atoms with Crippen LogP contribution in [0.5, 0.6) is 11.5 Å². The number of nitro groups is 1. The molecular weight excluding hydrogens is 486 g/mol. The minimum Gasteiger partial charge on any atom is -0.490 e. The van der Waals surface area contributed by atoms with Crippen LogP contribution in [0.3, 0.4) is 0 Å². The van der Waals surface area contributed by atoms with E-state index in [0.717, 1.165) is 0 Å². The zero-order valence-electron chi connectivity index (χ0n) is 20.4. The molecule has 13 heteroatoms. The molecule has 13 nitrogen and oxygen atoms in total. The molecule has 3 rings (SSSR count). The number of hydrogen-bond donors (Lipinski definition) is 4. The maximum Gasteiger partial charge on any atom is 0.337 e. The van der Waals surface area contributed by atoms with Crippen LogP contribution in [-0.4, -0.2) is 54.8 Å². The number of allylic oxidation sites excluding steroid dienone is 1. The summed E-state index contributed by atoms with van der Waals surface area (Å²) in [6, 6.07) is 9.51. The number of nitrogens with zero attached hydrogens (tertiary/aromatic N) is 2. The summed E-state index contributed by atoms with van der Waals surface area (Å²) >= 11 is 0. The van der Waals surface area contributed by atoms with E-state index in [2.05, 4.69) is 21.2 Å². The Morgan fingerprint density at radius 1 is 1.27 bits per heavy atom. The van der Waals surface area contributed by atoms with Gasteiger partial charge < -0.3 is 30.0 Å². The van der Waals surface area contributed by atoms with E-state index in [1.165, 1.54) is 31.5 Å². The van der Waals surface area contributed by atoms with E-state index in [0.29, 0.717) is 34.9 Å². The van der Waals surface area contributed by atoms with Crippen molar-refractivity contribution in [2.75, 3.05) is 20.3 Å². The third kappa shape index (κ3) is 6.95. The number of carbonyl (C=O) groups excluding carboxylic acids is 2. The molecular formula is C24H27N5O8. The number of ether oxygens (including phenoxy) is 3. The van der Waals surface area contributed by atoms with Crippen molar-refractivity contribution in [3.05, 3.63) is 75.0 Å². The molecule has 1 aliphatic heterocycles. The number of urea groups is 1. The third-order valence-corrected chi connectivity index (χ3v) is 5.19. The Balaban J connectivity index is 1.70. The molecule has 0 spiro atoms. The van der Waals surface area contributed by atoms with Crippen LogP contribution in [0, 0.1) is 10.1 Å². The van der Waals surface area contributed by atoms with Gasteiger partial charge in [0.15, 0.2) is 17.7 Å². The largest absolute Gasteiger partial charge is 0.490 e. The van der Waals surface area contributed by atoms with Gasteiger partial charge in [-0.2, -0.15) is 5.10 Å². The lowest BCUT2D eigenvalue weighted by Gasteiger charge is -2.28. The van der Waals surface area contributed by atoms with Crippen LogP contribution in [0.25, 0.3) is 0 Å². The van der Waals surface area contributed by atoms with Gasteiger partial charge in [0, 0.05) is 23.4 Å². The van der Waals surface area contributed by atoms with Crippen molar-refractivity contribution in [2.45, 2.75) is 26.1 Å². The van der Waals surface area contributed by atoms with E-state index >= 15 is 0 Å². The molecule has 0 radical (unpaired) electrons. The molecule has 2 atom stereocenters. The molecule has 196 valence electrons. The van der Waals surface area contributed by atoms with Crippen LogP contribution in [-0.2, 0) is 9.53 Å². The molecule has 1 heterocycles. The number of hydrazone groups is 1. The number of benzene rings is 2. The number of amides is 2. The molecule has 4 N–H and O–H groups in total. The summed E-state index contributed by atoms with van der Waals surface area (Å²) in [5.74, 6) is 0.0600. The number of nitro benzene ring substituents is 1. The Hall–Kier alpha value is -4.65. The zero-order valence-corrected chi connectivity index (χ0v) is 20.4. The second-order valence-electron chi connectivity index (χ2n) is 7.77. The molecule has 2 aromatic carbocycles. The first kappa shape index (κ1) is 26.9. The highest BCUT2D eigenvalue weighted by molar-refractivity contribution is 5.95. The van der Waals surface area contributed by atoms with Crippen molar-refractivity contribution in [3.63, 3.8) is 0 Å². The maximum atomic E-state index is 12.3. The van der Waals surface area contributed by atoms with Crippen molar-refractivity contribution in [3.8, 4) is 11.5 Å². The Bertz CT molecular complexity index is 1230. The van der Waals surface area contributed by atoms with Crippen LogP contribution in [0.1, 0.15) is 31.0 Å². The van der Waals surface area contributed by atoms with Crippen molar-refractivity contribution >= 4 is 23.9 Å². The lowest BCUT2D eigenvalue weighted by atomic mass is 9.95. The van der Waals surface area contributed by atoms with E-state index in [1.54, 1.807) is 38.1 Å². The number of aliphatic hydroxyl groups excluding tert-OH is 1. The fourth-order valence-corrected chi connectivity index (χ4v) is 3.54. The first-order chi connectivity index (χ1) is 17.7. The molecule has 2 amide bonds. The van der Waals surface area contributed by atoms with E-state index in [-0.39, 0.29) is 17.9 Å². The predicted molar refractivity (Wildman–Crippen MR) is 132 cm³/mol. The van der Waals surface area contributed by atoms with Crippen molar-refractivity contribution in [1.82, 2.24) is 16.1 Å². The quantitative estimate of drug-likeness (QED) is 0.115. The summed E-state index contributed by atoms with van der Waals surface area (Å²) in [6.07, 6.45) is 0.127. The Labute approximate surface area is 212 Å². The highest BCUT2D eigenvalue weighted by atomic mass is 16.6. The minimum absolute atomic E-state index is 0.0758. The van der Waals surface area contributed by atoms with Gasteiger partial charge in [0.1, 0.15) is 6.61 Å². The number of non-ortho nitro benzene ring substituents is 1. The van der Waals surface area contributed by atoms with E-state index in [4.69, 9.17) is 14.2 Å². The number of rotatable bonds is 11. The SMILES string of the molecule is CCOc1cc([C@@H]2NC(=O)NC(C)=C2C(=O)OC)ccc1OC[C@H](O)N/N=C\c1cccc([N+](=O)[O-])c1. The smallest absolute Gasteiger partial charge is 0.337 e. The second-order valence-corrected chi connectivity index (χ2v) is 7.77. The molecule has 0 unspecified atom stereocenters. The third-order valence-electron chi connectivity index (χ3n) is 5.19. The molecule has 0 bridgehead atoms. The standard InChI is InChI=1S/C24H27N5O8/c1-4-36-19-11-16(22-21(23(31)35-3)14(2)26-24(32)27-22)8-9-18(19)37-13-20(30)28-25-12-15-6-5-7-17(10-15)29(33)34/h5-12,20,22,28,30H,4,13H2,1-3H3,(H2,26,27,32)/b25-12-/t20-,22-/m0/s1. The van der Waals surface area contributed by atoms with Gasteiger partial charge in [-0.15, -0.1) is 0 Å². The Kier molecular flexibility index (Phi) is 9.00.